The molecular formula is C16H24N6O. The molecule has 1 aromatic heterocycles. The molecule has 0 spiro atoms. The number of rotatable bonds is 9. The highest BCUT2D eigenvalue weighted by Crippen LogP contribution is 2.18. The molecule has 1 aromatic carbocycles. The first-order valence-electron chi connectivity index (χ1n) is 7.94. The van der Waals surface area contributed by atoms with Crippen LogP contribution in [0.15, 0.2) is 24.3 Å². The van der Waals surface area contributed by atoms with Gasteiger partial charge in [0.05, 0.1) is 6.54 Å². The Hall–Kier alpha value is -2.25. The van der Waals surface area contributed by atoms with E-state index in [1.807, 2.05) is 24.3 Å². The van der Waals surface area contributed by atoms with Crippen LogP contribution >= 0.6 is 0 Å². The van der Waals surface area contributed by atoms with Gasteiger partial charge >= 0.3 is 0 Å². The van der Waals surface area contributed by atoms with Gasteiger partial charge in [-0.15, -0.1) is 0 Å². The fourth-order valence-corrected chi connectivity index (χ4v) is 2.23. The summed E-state index contributed by atoms with van der Waals surface area (Å²) >= 11 is 0. The number of hydrogen-bond donors (Lipinski definition) is 4. The Morgan fingerprint density at radius 1 is 1.09 bits per heavy atom. The number of aromatic amines is 1. The van der Waals surface area contributed by atoms with Crippen LogP contribution in [0.3, 0.4) is 0 Å². The molecular weight excluding hydrogens is 292 g/mol. The van der Waals surface area contributed by atoms with Crippen LogP contribution in [-0.2, 0) is 11.3 Å². The second-order valence-electron chi connectivity index (χ2n) is 5.39. The van der Waals surface area contributed by atoms with Crippen molar-refractivity contribution in [1.82, 2.24) is 15.2 Å². The smallest absolute Gasteiger partial charge is 0.224 e. The molecule has 7 nitrogen and oxygen atoms in total. The maximum absolute atomic E-state index is 11.9. The normalized spacial score (nSPS) is 10.7. The number of anilines is 1. The zero-order valence-corrected chi connectivity index (χ0v) is 13.2. The lowest BCUT2D eigenvalue weighted by Crippen LogP contribution is -2.11. The molecule has 0 atom stereocenters. The van der Waals surface area contributed by atoms with Crippen molar-refractivity contribution in [2.75, 3.05) is 11.9 Å². The van der Waals surface area contributed by atoms with E-state index < -0.39 is 0 Å². The second-order valence-corrected chi connectivity index (χ2v) is 5.39. The molecule has 23 heavy (non-hydrogen) atoms. The van der Waals surface area contributed by atoms with Crippen LogP contribution in [0.2, 0.25) is 0 Å². The number of carbonyl (C=O) groups excluding carboxylic acids is 1. The van der Waals surface area contributed by atoms with Crippen molar-refractivity contribution in [3.63, 3.8) is 0 Å². The summed E-state index contributed by atoms with van der Waals surface area (Å²) in [6, 6.07) is 7.45. The second kappa shape index (κ2) is 9.02. The third kappa shape index (κ3) is 5.46. The summed E-state index contributed by atoms with van der Waals surface area (Å²) in [5.41, 5.74) is 12.6. The maximum Gasteiger partial charge on any atom is 0.224 e. The van der Waals surface area contributed by atoms with Crippen molar-refractivity contribution in [3.8, 4) is 11.4 Å². The van der Waals surface area contributed by atoms with E-state index in [1.165, 1.54) is 0 Å². The minimum absolute atomic E-state index is 0.0359. The zero-order chi connectivity index (χ0) is 16.5. The molecule has 0 bridgehead atoms. The van der Waals surface area contributed by atoms with Gasteiger partial charge in [0.2, 0.25) is 5.91 Å². The predicted molar refractivity (Wildman–Crippen MR) is 90.5 cm³/mol. The Kier molecular flexibility index (Phi) is 6.71. The molecule has 6 N–H and O–H groups in total. The Labute approximate surface area is 135 Å². The minimum Gasteiger partial charge on any atom is -0.330 e. The first-order valence-corrected chi connectivity index (χ1v) is 7.94. The molecule has 1 amide bonds. The molecule has 0 saturated heterocycles. The summed E-state index contributed by atoms with van der Waals surface area (Å²) in [6.45, 7) is 1.04. The van der Waals surface area contributed by atoms with E-state index in [1.54, 1.807) is 0 Å². The first-order chi connectivity index (χ1) is 11.2. The average molecular weight is 316 g/mol. The molecule has 0 aliphatic rings. The number of hydrogen-bond acceptors (Lipinski definition) is 5. The van der Waals surface area contributed by atoms with Gasteiger partial charge in [0, 0.05) is 17.7 Å². The van der Waals surface area contributed by atoms with Crippen molar-refractivity contribution in [1.29, 1.82) is 0 Å². The van der Waals surface area contributed by atoms with Gasteiger partial charge in [-0.3, -0.25) is 9.89 Å². The van der Waals surface area contributed by atoms with E-state index in [-0.39, 0.29) is 5.91 Å². The van der Waals surface area contributed by atoms with Crippen LogP contribution in [0, 0.1) is 0 Å². The predicted octanol–water partition coefficient (Wildman–Crippen LogP) is 1.78. The van der Waals surface area contributed by atoms with Crippen molar-refractivity contribution < 1.29 is 4.79 Å². The van der Waals surface area contributed by atoms with Crippen molar-refractivity contribution in [2.24, 2.45) is 11.5 Å². The quantitative estimate of drug-likeness (QED) is 0.525. The summed E-state index contributed by atoms with van der Waals surface area (Å²) in [4.78, 5) is 16.1. The number of carbonyl (C=O) groups is 1. The maximum atomic E-state index is 11.9. The summed E-state index contributed by atoms with van der Waals surface area (Å²) < 4.78 is 0. The molecule has 124 valence electrons. The van der Waals surface area contributed by atoms with E-state index in [0.29, 0.717) is 24.6 Å². The fraction of sp³-hybridized carbons (Fsp3) is 0.438. The molecule has 7 heteroatoms. The van der Waals surface area contributed by atoms with E-state index >= 15 is 0 Å². The van der Waals surface area contributed by atoms with Crippen molar-refractivity contribution >= 4 is 11.6 Å². The van der Waals surface area contributed by atoms with Gasteiger partial charge in [0.15, 0.2) is 5.82 Å². The Morgan fingerprint density at radius 2 is 1.83 bits per heavy atom. The number of nitrogens with two attached hydrogens (primary N) is 2. The summed E-state index contributed by atoms with van der Waals surface area (Å²) in [5.74, 6) is 1.28. The first kappa shape index (κ1) is 17.1. The van der Waals surface area contributed by atoms with Gasteiger partial charge in [0.25, 0.3) is 0 Å². The van der Waals surface area contributed by atoms with Crippen LogP contribution < -0.4 is 16.8 Å². The molecule has 0 unspecified atom stereocenters. The highest BCUT2D eigenvalue weighted by Gasteiger charge is 2.06. The van der Waals surface area contributed by atoms with Crippen LogP contribution in [0.1, 0.15) is 37.9 Å². The number of nitrogens with zero attached hydrogens (tertiary/aromatic N) is 2. The third-order valence-corrected chi connectivity index (χ3v) is 3.51. The zero-order valence-electron chi connectivity index (χ0n) is 13.2. The molecule has 2 rings (SSSR count). The molecule has 0 radical (unpaired) electrons. The molecule has 0 aliphatic heterocycles. The lowest BCUT2D eigenvalue weighted by Gasteiger charge is -2.05. The summed E-state index contributed by atoms with van der Waals surface area (Å²) in [7, 11) is 0. The van der Waals surface area contributed by atoms with Crippen LogP contribution in [-0.4, -0.2) is 27.6 Å². The molecule has 0 saturated carbocycles. The van der Waals surface area contributed by atoms with E-state index in [2.05, 4.69) is 20.5 Å². The molecule has 2 aromatic rings. The third-order valence-electron chi connectivity index (χ3n) is 3.51. The number of benzene rings is 1. The topological polar surface area (TPSA) is 123 Å². The molecule has 1 heterocycles. The molecule has 0 fully saturated rings. The standard InChI is InChI=1S/C16H24N6O/c17-10-4-2-1-3-5-15(23)19-13-8-6-12(7-9-13)16-20-14(11-18)21-22-16/h6-9H,1-5,10-11,17-18H2,(H,19,23)(H,20,21,22). The van der Waals surface area contributed by atoms with Gasteiger partial charge in [0.1, 0.15) is 5.82 Å². The number of nitrogens with one attached hydrogen (secondary N) is 2. The van der Waals surface area contributed by atoms with E-state index in [4.69, 9.17) is 11.5 Å². The van der Waals surface area contributed by atoms with Gasteiger partial charge in [-0.1, -0.05) is 12.8 Å². The lowest BCUT2D eigenvalue weighted by atomic mass is 10.1. The van der Waals surface area contributed by atoms with Crippen LogP contribution in [0.4, 0.5) is 5.69 Å². The molecule has 0 aliphatic carbocycles. The number of amides is 1. The highest BCUT2D eigenvalue weighted by molar-refractivity contribution is 5.90. The average Bonchev–Trinajstić information content (AvgIpc) is 3.04. The Balaban J connectivity index is 1.81. The Bertz CT molecular complexity index is 607. The van der Waals surface area contributed by atoms with Gasteiger partial charge in [-0.25, -0.2) is 4.98 Å². The van der Waals surface area contributed by atoms with Crippen molar-refractivity contribution in [3.05, 3.63) is 30.1 Å². The lowest BCUT2D eigenvalue weighted by molar-refractivity contribution is -0.116. The van der Waals surface area contributed by atoms with Crippen LogP contribution in [0.5, 0.6) is 0 Å². The van der Waals surface area contributed by atoms with E-state index in [9.17, 15) is 4.79 Å². The van der Waals surface area contributed by atoms with Gasteiger partial charge in [-0.05, 0) is 43.7 Å². The van der Waals surface area contributed by atoms with Crippen LogP contribution in [0.25, 0.3) is 11.4 Å². The number of aromatic nitrogens is 3. The van der Waals surface area contributed by atoms with Gasteiger partial charge < -0.3 is 16.8 Å². The monoisotopic (exact) mass is 316 g/mol. The summed E-state index contributed by atoms with van der Waals surface area (Å²) in [5, 5.41) is 9.77. The highest BCUT2D eigenvalue weighted by atomic mass is 16.1. The number of unbranched alkanes of at least 4 members (excludes halogenated alkanes) is 3. The van der Waals surface area contributed by atoms with Crippen molar-refractivity contribution in [2.45, 2.75) is 38.6 Å². The van der Waals surface area contributed by atoms with Gasteiger partial charge in [-0.2, -0.15) is 5.10 Å². The number of H-pyrrole nitrogens is 1. The largest absolute Gasteiger partial charge is 0.330 e. The summed E-state index contributed by atoms with van der Waals surface area (Å²) in [6.07, 6.45) is 4.57. The SMILES string of the molecule is NCCCCCCC(=O)Nc1ccc(-c2n[nH]c(CN)n2)cc1. The van der Waals surface area contributed by atoms with E-state index in [0.717, 1.165) is 43.5 Å². The fourth-order valence-electron chi connectivity index (χ4n) is 2.23. The minimum atomic E-state index is 0.0359. The Morgan fingerprint density at radius 3 is 2.48 bits per heavy atom.